The van der Waals surface area contributed by atoms with Crippen molar-refractivity contribution >= 4 is 11.3 Å². The third-order valence-corrected chi connectivity index (χ3v) is 8.03. The molecule has 2 aliphatic carbocycles. The Bertz CT molecular complexity index is 543. The summed E-state index contributed by atoms with van der Waals surface area (Å²) < 4.78 is 12.7. The Balaban J connectivity index is 1.49. The maximum atomic E-state index is 6.42. The molecule has 22 heavy (non-hydrogen) atoms. The molecule has 3 nitrogen and oxygen atoms in total. The van der Waals surface area contributed by atoms with Gasteiger partial charge in [0, 0.05) is 17.8 Å². The van der Waals surface area contributed by atoms with E-state index in [1.54, 1.807) is 11.3 Å². The minimum Gasteiger partial charge on any atom is -0.349 e. The fraction of sp³-hybridized carbons (Fsp3) is 0.778. The van der Waals surface area contributed by atoms with Crippen molar-refractivity contribution < 1.29 is 9.47 Å². The minimum absolute atomic E-state index is 0.0257. The molecule has 1 aliphatic heterocycles. The summed E-state index contributed by atoms with van der Waals surface area (Å²) in [5.41, 5.74) is 6.62. The number of hydrogen-bond donors (Lipinski definition) is 1. The molecule has 3 aliphatic rings. The number of nitrogens with two attached hydrogens (primary N) is 1. The molecule has 1 aromatic heterocycles. The summed E-state index contributed by atoms with van der Waals surface area (Å²) in [6.07, 6.45) is 3.95. The van der Waals surface area contributed by atoms with Crippen molar-refractivity contribution in [2.75, 3.05) is 6.54 Å². The summed E-state index contributed by atoms with van der Waals surface area (Å²) in [5, 5.41) is 2.08. The normalized spacial score (nSPS) is 43.5. The minimum atomic E-state index is -0.0818. The van der Waals surface area contributed by atoms with Crippen molar-refractivity contribution in [3.63, 3.8) is 0 Å². The summed E-state index contributed by atoms with van der Waals surface area (Å²) in [6, 6.07) is 4.16. The standard InChI is InChI=1S/C18H27NO2S/c1-17(2)12-6-7-18(17,3)16-11(12)9-15(21-16)20-13(10-19)14-5-4-8-22-14/h4-5,8,11-13,15-16H,6-7,9-10,19H2,1-3H3/t11-,12-,13+,15-,16-,18+/m1/s1. The molecule has 1 saturated heterocycles. The van der Waals surface area contributed by atoms with E-state index in [1.165, 1.54) is 17.7 Å². The Morgan fingerprint density at radius 1 is 1.45 bits per heavy atom. The molecular weight excluding hydrogens is 294 g/mol. The van der Waals surface area contributed by atoms with Gasteiger partial charge < -0.3 is 15.2 Å². The van der Waals surface area contributed by atoms with Crippen molar-refractivity contribution in [1.82, 2.24) is 0 Å². The highest BCUT2D eigenvalue weighted by molar-refractivity contribution is 7.10. The van der Waals surface area contributed by atoms with Gasteiger partial charge in [0.25, 0.3) is 0 Å². The van der Waals surface area contributed by atoms with Crippen LogP contribution in [0.3, 0.4) is 0 Å². The molecule has 2 saturated carbocycles. The highest BCUT2D eigenvalue weighted by Gasteiger charge is 2.69. The second-order valence-electron chi connectivity index (χ2n) is 8.05. The van der Waals surface area contributed by atoms with Crippen LogP contribution < -0.4 is 5.73 Å². The molecule has 2 heterocycles. The molecule has 0 unspecified atom stereocenters. The largest absolute Gasteiger partial charge is 0.349 e. The first kappa shape index (κ1) is 15.1. The zero-order valence-corrected chi connectivity index (χ0v) is 14.6. The van der Waals surface area contributed by atoms with E-state index in [9.17, 15) is 0 Å². The van der Waals surface area contributed by atoms with Gasteiger partial charge in [0.1, 0.15) is 6.10 Å². The lowest BCUT2D eigenvalue weighted by Gasteiger charge is -2.38. The molecule has 4 rings (SSSR count). The van der Waals surface area contributed by atoms with Crippen LogP contribution in [0.4, 0.5) is 0 Å². The Hall–Kier alpha value is -0.420. The second kappa shape index (κ2) is 5.04. The number of thiophene rings is 1. The summed E-state index contributed by atoms with van der Waals surface area (Å²) >= 11 is 1.71. The molecule has 0 aromatic carbocycles. The van der Waals surface area contributed by atoms with Gasteiger partial charge in [0.2, 0.25) is 0 Å². The van der Waals surface area contributed by atoms with Crippen LogP contribution in [0.25, 0.3) is 0 Å². The topological polar surface area (TPSA) is 44.5 Å². The highest BCUT2D eigenvalue weighted by atomic mass is 32.1. The lowest BCUT2D eigenvalue weighted by atomic mass is 9.70. The summed E-state index contributed by atoms with van der Waals surface area (Å²) in [5.74, 6) is 1.45. The molecular formula is C18H27NO2S. The van der Waals surface area contributed by atoms with Crippen LogP contribution in [-0.4, -0.2) is 18.9 Å². The number of rotatable bonds is 4. The monoisotopic (exact) mass is 321 g/mol. The van der Waals surface area contributed by atoms with E-state index >= 15 is 0 Å². The Kier molecular flexibility index (Phi) is 3.46. The molecule has 4 heteroatoms. The van der Waals surface area contributed by atoms with Crippen molar-refractivity contribution in [2.24, 2.45) is 28.4 Å². The summed E-state index contributed by atoms with van der Waals surface area (Å²) in [4.78, 5) is 1.21. The average molecular weight is 321 g/mol. The Labute approximate surface area is 137 Å². The molecule has 0 amide bonds. The highest BCUT2D eigenvalue weighted by Crippen LogP contribution is 2.71. The SMILES string of the molecule is CC1(C)[C@@H]2CC[C@@]1(C)[C@@H]1O[C@@H](O[C@@H](CN)c3cccs3)C[C@H]21. The van der Waals surface area contributed by atoms with Crippen molar-refractivity contribution in [3.8, 4) is 0 Å². The van der Waals surface area contributed by atoms with E-state index in [-0.39, 0.29) is 12.4 Å². The molecule has 0 spiro atoms. The van der Waals surface area contributed by atoms with E-state index in [0.717, 1.165) is 12.3 Å². The number of fused-ring (bicyclic) bond motifs is 5. The predicted octanol–water partition coefficient (Wildman–Crippen LogP) is 3.95. The van der Waals surface area contributed by atoms with Gasteiger partial charge in [-0.3, -0.25) is 0 Å². The molecule has 0 radical (unpaired) electrons. The van der Waals surface area contributed by atoms with Gasteiger partial charge >= 0.3 is 0 Å². The molecule has 6 atom stereocenters. The Morgan fingerprint density at radius 2 is 2.27 bits per heavy atom. The summed E-state index contributed by atoms with van der Waals surface area (Å²) in [7, 11) is 0. The average Bonchev–Trinajstić information content (AvgIpc) is 3.19. The van der Waals surface area contributed by atoms with Crippen LogP contribution in [0, 0.1) is 22.7 Å². The first-order valence-electron chi connectivity index (χ1n) is 8.52. The molecule has 2 bridgehead atoms. The third kappa shape index (κ3) is 1.90. The Morgan fingerprint density at radius 3 is 2.91 bits per heavy atom. The van der Waals surface area contributed by atoms with E-state index < -0.39 is 0 Å². The zero-order valence-electron chi connectivity index (χ0n) is 13.7. The number of hydrogen-bond acceptors (Lipinski definition) is 4. The molecule has 2 N–H and O–H groups in total. The number of ether oxygens (including phenoxy) is 2. The summed E-state index contributed by atoms with van der Waals surface area (Å²) in [6.45, 7) is 7.83. The van der Waals surface area contributed by atoms with Crippen molar-refractivity contribution in [2.45, 2.75) is 58.5 Å². The van der Waals surface area contributed by atoms with Gasteiger partial charge in [0.05, 0.1) is 6.10 Å². The fourth-order valence-corrected chi connectivity index (χ4v) is 6.24. The molecule has 122 valence electrons. The van der Waals surface area contributed by atoms with Crippen LogP contribution in [0.1, 0.15) is 51.0 Å². The van der Waals surface area contributed by atoms with Crippen molar-refractivity contribution in [1.29, 1.82) is 0 Å². The van der Waals surface area contributed by atoms with Crippen LogP contribution in [0.15, 0.2) is 17.5 Å². The van der Waals surface area contributed by atoms with Gasteiger partial charge in [-0.15, -0.1) is 11.3 Å². The van der Waals surface area contributed by atoms with E-state index in [1.807, 2.05) is 0 Å². The van der Waals surface area contributed by atoms with Gasteiger partial charge in [-0.2, -0.15) is 0 Å². The maximum Gasteiger partial charge on any atom is 0.159 e. The first-order valence-corrected chi connectivity index (χ1v) is 9.40. The van der Waals surface area contributed by atoms with Crippen LogP contribution >= 0.6 is 11.3 Å². The van der Waals surface area contributed by atoms with Crippen LogP contribution in [-0.2, 0) is 9.47 Å². The molecule has 1 aromatic rings. The molecule has 3 fully saturated rings. The van der Waals surface area contributed by atoms with E-state index in [4.69, 9.17) is 15.2 Å². The maximum absolute atomic E-state index is 6.42. The van der Waals surface area contributed by atoms with Gasteiger partial charge in [-0.1, -0.05) is 26.8 Å². The lowest BCUT2D eigenvalue weighted by molar-refractivity contribution is -0.185. The van der Waals surface area contributed by atoms with Gasteiger partial charge in [-0.25, -0.2) is 0 Å². The van der Waals surface area contributed by atoms with E-state index in [2.05, 4.69) is 38.3 Å². The van der Waals surface area contributed by atoms with Crippen LogP contribution in [0.2, 0.25) is 0 Å². The first-order chi connectivity index (χ1) is 10.5. The third-order valence-electron chi connectivity index (χ3n) is 7.06. The predicted molar refractivity (Wildman–Crippen MR) is 88.6 cm³/mol. The van der Waals surface area contributed by atoms with E-state index in [0.29, 0.717) is 29.4 Å². The van der Waals surface area contributed by atoms with Gasteiger partial charge in [-0.05, 0) is 47.0 Å². The quantitative estimate of drug-likeness (QED) is 0.913. The van der Waals surface area contributed by atoms with Crippen molar-refractivity contribution in [3.05, 3.63) is 22.4 Å². The lowest BCUT2D eigenvalue weighted by Crippen LogP contribution is -2.38. The second-order valence-corrected chi connectivity index (χ2v) is 9.03. The smallest absolute Gasteiger partial charge is 0.159 e. The zero-order chi connectivity index (χ0) is 15.5. The van der Waals surface area contributed by atoms with Crippen LogP contribution in [0.5, 0.6) is 0 Å². The fourth-order valence-electron chi connectivity index (χ4n) is 5.47. The van der Waals surface area contributed by atoms with Gasteiger partial charge in [0.15, 0.2) is 6.29 Å².